The van der Waals surface area contributed by atoms with Crippen molar-refractivity contribution in [2.75, 3.05) is 20.1 Å². The monoisotopic (exact) mass is 213 g/mol. The quantitative estimate of drug-likeness (QED) is 0.739. The third-order valence-corrected chi connectivity index (χ3v) is 2.84. The summed E-state index contributed by atoms with van der Waals surface area (Å²) in [6.07, 6.45) is 3.76. The van der Waals surface area contributed by atoms with E-state index in [0.717, 1.165) is 13.1 Å². The second kappa shape index (κ2) is 5.95. The third kappa shape index (κ3) is 4.51. The number of nitrogens with zero attached hydrogens (tertiary/aromatic N) is 1. The summed E-state index contributed by atoms with van der Waals surface area (Å²) in [4.78, 5) is 13.7. The van der Waals surface area contributed by atoms with Crippen molar-refractivity contribution in [2.24, 2.45) is 0 Å². The number of piperidine rings is 1. The normalized spacial score (nSPS) is 22.8. The molecule has 0 radical (unpaired) electrons. The van der Waals surface area contributed by atoms with Gasteiger partial charge in [0, 0.05) is 18.6 Å². The Balaban J connectivity index is 2.20. The Hall–Kier alpha value is -0.770. The third-order valence-electron chi connectivity index (χ3n) is 2.84. The van der Waals surface area contributed by atoms with Crippen LogP contribution in [0.15, 0.2) is 0 Å². The van der Waals surface area contributed by atoms with Gasteiger partial charge in [0.15, 0.2) is 0 Å². The van der Waals surface area contributed by atoms with Crippen LogP contribution in [0, 0.1) is 0 Å². The van der Waals surface area contributed by atoms with Crippen molar-refractivity contribution in [3.05, 3.63) is 0 Å². The lowest BCUT2D eigenvalue weighted by Crippen LogP contribution is -2.48. The second-order valence-corrected chi connectivity index (χ2v) is 4.64. The van der Waals surface area contributed by atoms with E-state index in [2.05, 4.69) is 22.6 Å². The van der Waals surface area contributed by atoms with Crippen molar-refractivity contribution in [1.82, 2.24) is 15.5 Å². The zero-order chi connectivity index (χ0) is 11.3. The van der Waals surface area contributed by atoms with Gasteiger partial charge in [-0.3, -0.25) is 0 Å². The average molecular weight is 213 g/mol. The van der Waals surface area contributed by atoms with Crippen LogP contribution < -0.4 is 10.6 Å². The topological polar surface area (TPSA) is 44.4 Å². The molecule has 88 valence electrons. The fourth-order valence-electron chi connectivity index (χ4n) is 1.93. The number of nitrogens with one attached hydrogen (secondary N) is 2. The predicted octanol–water partition coefficient (Wildman–Crippen LogP) is 1.18. The molecule has 1 aliphatic rings. The van der Waals surface area contributed by atoms with Gasteiger partial charge in [-0.15, -0.1) is 0 Å². The molecule has 1 fully saturated rings. The van der Waals surface area contributed by atoms with E-state index >= 15 is 0 Å². The first-order chi connectivity index (χ1) is 7.09. The van der Waals surface area contributed by atoms with E-state index in [1.807, 2.05) is 13.8 Å². The van der Waals surface area contributed by atoms with Crippen LogP contribution in [0.3, 0.4) is 0 Å². The van der Waals surface area contributed by atoms with Crippen molar-refractivity contribution in [3.63, 3.8) is 0 Å². The van der Waals surface area contributed by atoms with Gasteiger partial charge in [-0.25, -0.2) is 4.79 Å². The zero-order valence-electron chi connectivity index (χ0n) is 10.0. The van der Waals surface area contributed by atoms with Crippen molar-refractivity contribution < 1.29 is 4.79 Å². The standard InChI is InChI=1S/C11H23N3O/c1-9(2)13-11(15)12-8-10-6-4-5-7-14(10)3/h9-10H,4-8H2,1-3H3,(H2,12,13,15). The van der Waals surface area contributed by atoms with E-state index in [1.165, 1.54) is 19.3 Å². The first-order valence-electron chi connectivity index (χ1n) is 5.84. The van der Waals surface area contributed by atoms with Gasteiger partial charge >= 0.3 is 6.03 Å². The Labute approximate surface area is 92.4 Å². The molecule has 4 heteroatoms. The van der Waals surface area contributed by atoms with E-state index in [0.29, 0.717) is 6.04 Å². The molecule has 1 rings (SSSR count). The summed E-state index contributed by atoms with van der Waals surface area (Å²) in [7, 11) is 2.13. The lowest BCUT2D eigenvalue weighted by atomic mass is 10.0. The summed E-state index contributed by atoms with van der Waals surface area (Å²) < 4.78 is 0. The number of urea groups is 1. The van der Waals surface area contributed by atoms with Crippen molar-refractivity contribution in [3.8, 4) is 0 Å². The number of carbonyl (C=O) groups excluding carboxylic acids is 1. The molecule has 0 aliphatic carbocycles. The fraction of sp³-hybridized carbons (Fsp3) is 0.909. The molecule has 15 heavy (non-hydrogen) atoms. The van der Waals surface area contributed by atoms with Crippen molar-refractivity contribution in [1.29, 1.82) is 0 Å². The minimum absolute atomic E-state index is 0.0519. The molecule has 2 amide bonds. The SMILES string of the molecule is CC(C)NC(=O)NCC1CCCCN1C. The number of likely N-dealkylation sites (N-methyl/N-ethyl adjacent to an activating group) is 1. The van der Waals surface area contributed by atoms with Crippen LogP contribution in [0.4, 0.5) is 4.79 Å². The highest BCUT2D eigenvalue weighted by Gasteiger charge is 2.19. The van der Waals surface area contributed by atoms with Crippen LogP contribution in [-0.2, 0) is 0 Å². The van der Waals surface area contributed by atoms with Crippen molar-refractivity contribution in [2.45, 2.75) is 45.2 Å². The summed E-state index contributed by atoms with van der Waals surface area (Å²) in [6, 6.07) is 0.662. The Morgan fingerprint density at radius 1 is 1.47 bits per heavy atom. The summed E-state index contributed by atoms with van der Waals surface area (Å²) in [5.41, 5.74) is 0. The predicted molar refractivity (Wildman–Crippen MR) is 61.9 cm³/mol. The van der Waals surface area contributed by atoms with Crippen LogP contribution in [0.1, 0.15) is 33.1 Å². The number of hydrogen-bond acceptors (Lipinski definition) is 2. The first kappa shape index (κ1) is 12.3. The summed E-state index contributed by atoms with van der Waals surface area (Å²) in [5.74, 6) is 0. The van der Waals surface area contributed by atoms with Gasteiger partial charge in [0.1, 0.15) is 0 Å². The Bertz CT molecular complexity index is 206. The molecule has 4 nitrogen and oxygen atoms in total. The lowest BCUT2D eigenvalue weighted by molar-refractivity contribution is 0.179. The van der Waals surface area contributed by atoms with Gasteiger partial charge in [0.2, 0.25) is 0 Å². The highest BCUT2D eigenvalue weighted by molar-refractivity contribution is 5.74. The molecule has 1 saturated heterocycles. The second-order valence-electron chi connectivity index (χ2n) is 4.64. The number of carbonyl (C=O) groups is 1. The summed E-state index contributed by atoms with van der Waals surface area (Å²) >= 11 is 0. The zero-order valence-corrected chi connectivity index (χ0v) is 10.0. The molecule has 0 bridgehead atoms. The van der Waals surface area contributed by atoms with E-state index < -0.39 is 0 Å². The lowest BCUT2D eigenvalue weighted by Gasteiger charge is -2.32. The Morgan fingerprint density at radius 3 is 2.80 bits per heavy atom. The van der Waals surface area contributed by atoms with Gasteiger partial charge in [-0.2, -0.15) is 0 Å². The number of hydrogen-bond donors (Lipinski definition) is 2. The van der Waals surface area contributed by atoms with E-state index in [-0.39, 0.29) is 12.1 Å². The van der Waals surface area contributed by atoms with Gasteiger partial charge in [0.05, 0.1) is 0 Å². The minimum Gasteiger partial charge on any atom is -0.337 e. The molecule has 1 aliphatic heterocycles. The minimum atomic E-state index is -0.0519. The highest BCUT2D eigenvalue weighted by Crippen LogP contribution is 2.13. The largest absolute Gasteiger partial charge is 0.337 e. The molecule has 1 atom stereocenters. The molecule has 1 heterocycles. The molecule has 0 saturated carbocycles. The Kier molecular flexibility index (Phi) is 4.88. The number of rotatable bonds is 3. The van der Waals surface area contributed by atoms with Crippen LogP contribution >= 0.6 is 0 Å². The van der Waals surface area contributed by atoms with E-state index in [9.17, 15) is 4.79 Å². The average Bonchev–Trinajstić information content (AvgIpc) is 2.15. The Morgan fingerprint density at radius 2 is 2.20 bits per heavy atom. The molecular weight excluding hydrogens is 190 g/mol. The molecule has 0 aromatic rings. The smallest absolute Gasteiger partial charge is 0.315 e. The summed E-state index contributed by atoms with van der Waals surface area (Å²) in [6.45, 7) is 5.84. The maximum Gasteiger partial charge on any atom is 0.315 e. The highest BCUT2D eigenvalue weighted by atomic mass is 16.2. The molecular formula is C11H23N3O. The van der Waals surface area contributed by atoms with Crippen LogP contribution in [0.25, 0.3) is 0 Å². The molecule has 0 aromatic carbocycles. The molecule has 2 N–H and O–H groups in total. The number of likely N-dealkylation sites (tertiary alicyclic amines) is 1. The maximum absolute atomic E-state index is 11.4. The molecule has 1 unspecified atom stereocenters. The molecule has 0 spiro atoms. The van der Waals surface area contributed by atoms with Gasteiger partial charge in [-0.05, 0) is 40.3 Å². The van der Waals surface area contributed by atoms with Gasteiger partial charge in [0.25, 0.3) is 0 Å². The van der Waals surface area contributed by atoms with Crippen LogP contribution in [0.2, 0.25) is 0 Å². The summed E-state index contributed by atoms with van der Waals surface area (Å²) in [5, 5.41) is 5.75. The number of amides is 2. The first-order valence-corrected chi connectivity index (χ1v) is 5.84. The van der Waals surface area contributed by atoms with Crippen LogP contribution in [-0.4, -0.2) is 43.2 Å². The maximum atomic E-state index is 11.4. The van der Waals surface area contributed by atoms with Crippen LogP contribution in [0.5, 0.6) is 0 Å². The van der Waals surface area contributed by atoms with E-state index in [1.54, 1.807) is 0 Å². The fourth-order valence-corrected chi connectivity index (χ4v) is 1.93. The van der Waals surface area contributed by atoms with Crippen molar-refractivity contribution >= 4 is 6.03 Å². The van der Waals surface area contributed by atoms with E-state index in [4.69, 9.17) is 0 Å². The van der Waals surface area contributed by atoms with Gasteiger partial charge < -0.3 is 15.5 Å². The molecule has 0 aromatic heterocycles. The van der Waals surface area contributed by atoms with Gasteiger partial charge in [-0.1, -0.05) is 6.42 Å².